The molecule has 0 unspecified atom stereocenters. The summed E-state index contributed by atoms with van der Waals surface area (Å²) in [6.45, 7) is 0.869. The number of anilines is 1. The van der Waals surface area contributed by atoms with Crippen LogP contribution in [-0.2, 0) is 16.0 Å². The largest absolute Gasteiger partial charge is 0.485 e. The Morgan fingerprint density at radius 1 is 1.21 bits per heavy atom. The van der Waals surface area contributed by atoms with Crippen LogP contribution in [0.5, 0.6) is 11.5 Å². The van der Waals surface area contributed by atoms with E-state index < -0.39 is 6.10 Å². The van der Waals surface area contributed by atoms with Crippen molar-refractivity contribution in [3.8, 4) is 22.8 Å². The average Bonchev–Trinajstić information content (AvgIpc) is 3.20. The highest BCUT2D eigenvalue weighted by Crippen LogP contribution is 2.31. The molecule has 28 heavy (non-hydrogen) atoms. The molecule has 6 nitrogen and oxygen atoms in total. The van der Waals surface area contributed by atoms with Crippen molar-refractivity contribution in [2.75, 3.05) is 25.6 Å². The summed E-state index contributed by atoms with van der Waals surface area (Å²) in [5.41, 5.74) is 3.04. The number of thiazole rings is 1. The van der Waals surface area contributed by atoms with Crippen molar-refractivity contribution in [1.29, 1.82) is 0 Å². The van der Waals surface area contributed by atoms with Crippen LogP contribution < -0.4 is 14.8 Å². The zero-order valence-electron chi connectivity index (χ0n) is 15.4. The fourth-order valence-corrected chi connectivity index (χ4v) is 3.58. The van der Waals surface area contributed by atoms with E-state index >= 15 is 0 Å². The van der Waals surface area contributed by atoms with Gasteiger partial charge in [-0.1, -0.05) is 36.4 Å². The van der Waals surface area contributed by atoms with E-state index in [1.165, 1.54) is 16.9 Å². The van der Waals surface area contributed by atoms with Gasteiger partial charge in [0, 0.05) is 18.1 Å². The minimum Gasteiger partial charge on any atom is -0.485 e. The van der Waals surface area contributed by atoms with Crippen molar-refractivity contribution in [3.63, 3.8) is 0 Å². The van der Waals surface area contributed by atoms with Crippen LogP contribution in [0.15, 0.2) is 53.9 Å². The van der Waals surface area contributed by atoms with Gasteiger partial charge in [0.25, 0.3) is 5.91 Å². The first-order valence-corrected chi connectivity index (χ1v) is 9.84. The van der Waals surface area contributed by atoms with Gasteiger partial charge in [-0.3, -0.25) is 10.1 Å². The molecule has 0 radical (unpaired) electrons. The highest BCUT2D eigenvalue weighted by atomic mass is 32.1. The Morgan fingerprint density at radius 3 is 2.79 bits per heavy atom. The van der Waals surface area contributed by atoms with Gasteiger partial charge >= 0.3 is 0 Å². The van der Waals surface area contributed by atoms with Crippen LogP contribution in [0.2, 0.25) is 0 Å². The fourth-order valence-electron chi connectivity index (χ4n) is 2.86. The van der Waals surface area contributed by atoms with Gasteiger partial charge in [-0.05, 0) is 24.1 Å². The molecule has 1 atom stereocenters. The van der Waals surface area contributed by atoms with Crippen molar-refractivity contribution < 1.29 is 19.0 Å². The molecule has 1 aromatic heterocycles. The van der Waals surface area contributed by atoms with Crippen LogP contribution in [0.1, 0.15) is 5.56 Å². The summed E-state index contributed by atoms with van der Waals surface area (Å²) in [4.78, 5) is 17.0. The highest BCUT2D eigenvalue weighted by Gasteiger charge is 2.27. The number of nitrogens with one attached hydrogen (secondary N) is 1. The number of nitrogens with zero attached hydrogens (tertiary/aromatic N) is 1. The molecule has 1 aliphatic rings. The van der Waals surface area contributed by atoms with Crippen LogP contribution in [0.25, 0.3) is 11.3 Å². The zero-order valence-corrected chi connectivity index (χ0v) is 16.2. The molecule has 3 aromatic rings. The number of carbonyl (C=O) groups excluding carboxylic acids is 1. The molecule has 0 bridgehead atoms. The number of para-hydroxylation sites is 2. The molecule has 144 valence electrons. The number of methoxy groups -OCH3 is 1. The van der Waals surface area contributed by atoms with Crippen LogP contribution in [0, 0.1) is 0 Å². The fraction of sp³-hybridized carbons (Fsp3) is 0.238. The summed E-state index contributed by atoms with van der Waals surface area (Å²) >= 11 is 1.38. The molecular formula is C21H20N2O4S. The number of aromatic nitrogens is 1. The topological polar surface area (TPSA) is 69.7 Å². The molecule has 0 aliphatic carbocycles. The standard InChI is InChI=1S/C21H20N2O4S/c1-25-11-10-14-6-8-15(9-7-14)16-13-28-21(22-16)23-20(24)19-12-26-17-4-2-3-5-18(17)27-19/h2-9,13,19H,10-12H2,1H3,(H,22,23,24)/t19-/m0/s1. The number of benzene rings is 2. The third-order valence-electron chi connectivity index (χ3n) is 4.38. The second-order valence-electron chi connectivity index (χ2n) is 6.33. The van der Waals surface area contributed by atoms with Crippen LogP contribution in [-0.4, -0.2) is 37.3 Å². The normalized spacial score (nSPS) is 15.2. The Bertz CT molecular complexity index is 955. The van der Waals surface area contributed by atoms with E-state index in [4.69, 9.17) is 14.2 Å². The molecule has 2 heterocycles. The monoisotopic (exact) mass is 396 g/mol. The quantitative estimate of drug-likeness (QED) is 0.687. The van der Waals surface area contributed by atoms with E-state index in [0.717, 1.165) is 17.7 Å². The summed E-state index contributed by atoms with van der Waals surface area (Å²) in [7, 11) is 1.70. The van der Waals surface area contributed by atoms with Crippen molar-refractivity contribution in [3.05, 3.63) is 59.5 Å². The molecule has 0 fully saturated rings. The van der Waals surface area contributed by atoms with Gasteiger partial charge in [-0.25, -0.2) is 4.98 Å². The predicted molar refractivity (Wildman–Crippen MR) is 108 cm³/mol. The smallest absolute Gasteiger partial charge is 0.270 e. The Hall–Kier alpha value is -2.90. The van der Waals surface area contributed by atoms with E-state index in [-0.39, 0.29) is 12.5 Å². The Labute approximate surface area is 167 Å². The van der Waals surface area contributed by atoms with Gasteiger partial charge in [0.15, 0.2) is 16.6 Å². The number of ether oxygens (including phenoxy) is 3. The van der Waals surface area contributed by atoms with Gasteiger partial charge in [-0.2, -0.15) is 0 Å². The third kappa shape index (κ3) is 4.16. The van der Waals surface area contributed by atoms with Crippen LogP contribution in [0.3, 0.4) is 0 Å². The lowest BCUT2D eigenvalue weighted by atomic mass is 10.1. The Kier molecular flexibility index (Phi) is 5.55. The summed E-state index contributed by atoms with van der Waals surface area (Å²) < 4.78 is 16.4. The van der Waals surface area contributed by atoms with E-state index in [1.54, 1.807) is 13.2 Å². The first kappa shape index (κ1) is 18.5. The van der Waals surface area contributed by atoms with Crippen LogP contribution in [0.4, 0.5) is 5.13 Å². The SMILES string of the molecule is COCCc1ccc(-c2csc(NC(=O)[C@@H]3COc4ccccc4O3)n2)cc1. The minimum absolute atomic E-state index is 0.171. The number of fused-ring (bicyclic) bond motifs is 1. The molecular weight excluding hydrogens is 376 g/mol. The highest BCUT2D eigenvalue weighted by molar-refractivity contribution is 7.14. The molecule has 0 saturated heterocycles. The third-order valence-corrected chi connectivity index (χ3v) is 5.14. The maximum absolute atomic E-state index is 12.5. The molecule has 7 heteroatoms. The first-order valence-electron chi connectivity index (χ1n) is 8.96. The molecule has 0 saturated carbocycles. The maximum atomic E-state index is 12.5. The van der Waals surface area contributed by atoms with Gasteiger partial charge in [-0.15, -0.1) is 11.3 Å². The van der Waals surface area contributed by atoms with Gasteiger partial charge in [0.2, 0.25) is 6.10 Å². The maximum Gasteiger partial charge on any atom is 0.270 e. The lowest BCUT2D eigenvalue weighted by Crippen LogP contribution is -2.40. The predicted octanol–water partition coefficient (Wildman–Crippen LogP) is 3.78. The molecule has 1 aliphatic heterocycles. The molecule has 1 N–H and O–H groups in total. The Balaban J connectivity index is 1.39. The first-order chi connectivity index (χ1) is 13.7. The molecule has 0 spiro atoms. The number of amides is 1. The van der Waals surface area contributed by atoms with E-state index in [2.05, 4.69) is 22.4 Å². The van der Waals surface area contributed by atoms with Gasteiger partial charge in [0.05, 0.1) is 12.3 Å². The lowest BCUT2D eigenvalue weighted by Gasteiger charge is -2.25. The van der Waals surface area contributed by atoms with Crippen molar-refractivity contribution in [2.24, 2.45) is 0 Å². The van der Waals surface area contributed by atoms with E-state index in [1.807, 2.05) is 35.7 Å². The van der Waals surface area contributed by atoms with Gasteiger partial charge < -0.3 is 14.2 Å². The number of hydrogen-bond donors (Lipinski definition) is 1. The van der Waals surface area contributed by atoms with Gasteiger partial charge in [0.1, 0.15) is 6.61 Å². The molecule has 4 rings (SSSR count). The minimum atomic E-state index is -0.706. The summed E-state index contributed by atoms with van der Waals surface area (Å²) in [5, 5.41) is 5.28. The van der Waals surface area contributed by atoms with Crippen molar-refractivity contribution in [1.82, 2.24) is 4.98 Å². The second-order valence-corrected chi connectivity index (χ2v) is 7.19. The lowest BCUT2D eigenvalue weighted by molar-refractivity contribution is -0.125. The Morgan fingerprint density at radius 2 is 2.00 bits per heavy atom. The zero-order chi connectivity index (χ0) is 19.3. The number of rotatable bonds is 6. The van der Waals surface area contributed by atoms with E-state index in [9.17, 15) is 4.79 Å². The summed E-state index contributed by atoms with van der Waals surface area (Å²) in [6.07, 6.45) is 0.171. The average molecular weight is 396 g/mol. The van der Waals surface area contributed by atoms with E-state index in [0.29, 0.717) is 23.2 Å². The number of carbonyl (C=O) groups is 1. The second kappa shape index (κ2) is 8.41. The van der Waals surface area contributed by atoms with Crippen molar-refractivity contribution >= 4 is 22.4 Å². The number of hydrogen-bond acceptors (Lipinski definition) is 6. The molecule has 1 amide bonds. The molecule has 2 aromatic carbocycles. The van der Waals surface area contributed by atoms with Crippen LogP contribution >= 0.6 is 11.3 Å². The summed E-state index contributed by atoms with van der Waals surface area (Å²) in [5.74, 6) is 0.949. The van der Waals surface area contributed by atoms with Crippen molar-refractivity contribution in [2.45, 2.75) is 12.5 Å². The summed E-state index contributed by atoms with van der Waals surface area (Å²) in [6, 6.07) is 15.5.